The maximum absolute atomic E-state index is 5.68. The summed E-state index contributed by atoms with van der Waals surface area (Å²) in [6.45, 7) is 6.34. The molecule has 0 atom stereocenters. The molecule has 1 N–H and O–H groups in total. The molecule has 0 radical (unpaired) electrons. The third kappa shape index (κ3) is 2.42. The second kappa shape index (κ2) is 5.88. The molecule has 0 amide bonds. The first-order valence-corrected chi connectivity index (χ1v) is 7.42. The number of nitrogens with one attached hydrogen (secondary N) is 1. The largest absolute Gasteiger partial charge is 0.496 e. The molecule has 0 aliphatic carbocycles. The molecule has 2 nitrogen and oxygen atoms in total. The highest BCUT2D eigenvalue weighted by molar-refractivity contribution is 9.10. The van der Waals surface area contributed by atoms with Gasteiger partial charge in [0.2, 0.25) is 0 Å². The Morgan fingerprint density at radius 1 is 1.05 bits per heavy atom. The van der Waals surface area contributed by atoms with Crippen LogP contribution in [0.1, 0.15) is 16.7 Å². The van der Waals surface area contributed by atoms with Gasteiger partial charge in [-0.15, -0.1) is 0 Å². The molecule has 0 aromatic heterocycles. The van der Waals surface area contributed by atoms with E-state index < -0.39 is 0 Å². The summed E-state index contributed by atoms with van der Waals surface area (Å²) in [5.74, 6) is 0.955. The maximum Gasteiger partial charge on any atom is 0.130 e. The van der Waals surface area contributed by atoms with Crippen molar-refractivity contribution in [2.45, 2.75) is 20.8 Å². The van der Waals surface area contributed by atoms with Gasteiger partial charge in [-0.05, 0) is 55.2 Å². The van der Waals surface area contributed by atoms with Gasteiger partial charge in [-0.25, -0.2) is 0 Å². The fraction of sp³-hybridized carbons (Fsp3) is 0.294. The average Bonchev–Trinajstić information content (AvgIpc) is 2.48. The van der Waals surface area contributed by atoms with E-state index in [1.165, 1.54) is 16.7 Å². The van der Waals surface area contributed by atoms with E-state index >= 15 is 0 Å². The summed E-state index contributed by atoms with van der Waals surface area (Å²) in [6.07, 6.45) is 0. The van der Waals surface area contributed by atoms with Gasteiger partial charge in [-0.1, -0.05) is 28.1 Å². The summed E-state index contributed by atoms with van der Waals surface area (Å²) < 4.78 is 6.83. The van der Waals surface area contributed by atoms with Crippen molar-refractivity contribution in [2.75, 3.05) is 19.5 Å². The molecule has 0 saturated carbocycles. The molecule has 2 rings (SSSR count). The molecular weight excluding hydrogens is 314 g/mol. The second-order valence-corrected chi connectivity index (χ2v) is 5.72. The minimum atomic E-state index is 0.955. The van der Waals surface area contributed by atoms with E-state index in [2.05, 4.69) is 66.3 Å². The van der Waals surface area contributed by atoms with Crippen LogP contribution in [0.3, 0.4) is 0 Å². The smallest absolute Gasteiger partial charge is 0.130 e. The Morgan fingerprint density at radius 3 is 2.35 bits per heavy atom. The standard InChI is InChI=1S/C17H20BrNO/c1-10-11(2)17(20-5)15(12(3)16(10)18)13-7-6-8-14(9-13)19-4/h6-9,19H,1-5H3. The van der Waals surface area contributed by atoms with E-state index in [4.69, 9.17) is 4.74 Å². The zero-order valence-corrected chi connectivity index (χ0v) is 14.2. The molecule has 106 valence electrons. The first-order chi connectivity index (χ1) is 9.51. The van der Waals surface area contributed by atoms with Gasteiger partial charge in [-0.2, -0.15) is 0 Å². The predicted octanol–water partition coefficient (Wildman–Crippen LogP) is 5.09. The van der Waals surface area contributed by atoms with Gasteiger partial charge in [0, 0.05) is 22.8 Å². The maximum atomic E-state index is 5.68. The second-order valence-electron chi connectivity index (χ2n) is 4.93. The summed E-state index contributed by atoms with van der Waals surface area (Å²) in [6, 6.07) is 8.38. The summed E-state index contributed by atoms with van der Waals surface area (Å²) in [5.41, 5.74) is 7.02. The van der Waals surface area contributed by atoms with E-state index in [0.717, 1.165) is 27.0 Å². The Morgan fingerprint density at radius 2 is 1.75 bits per heavy atom. The Hall–Kier alpha value is -1.48. The van der Waals surface area contributed by atoms with Gasteiger partial charge >= 0.3 is 0 Å². The van der Waals surface area contributed by atoms with Crippen molar-refractivity contribution in [3.63, 3.8) is 0 Å². The molecule has 0 unspecified atom stereocenters. The lowest BCUT2D eigenvalue weighted by Crippen LogP contribution is -1.99. The molecule has 0 aliphatic heterocycles. The highest BCUT2D eigenvalue weighted by Crippen LogP contribution is 2.42. The van der Waals surface area contributed by atoms with E-state index in [9.17, 15) is 0 Å². The molecular formula is C17H20BrNO. The summed E-state index contributed by atoms with van der Waals surface area (Å²) >= 11 is 3.71. The third-order valence-corrected chi connectivity index (χ3v) is 5.00. The highest BCUT2D eigenvalue weighted by Gasteiger charge is 2.18. The van der Waals surface area contributed by atoms with Crippen molar-refractivity contribution < 1.29 is 4.74 Å². The van der Waals surface area contributed by atoms with Crippen LogP contribution in [0.2, 0.25) is 0 Å². The van der Waals surface area contributed by atoms with Gasteiger partial charge in [0.1, 0.15) is 5.75 Å². The lowest BCUT2D eigenvalue weighted by molar-refractivity contribution is 0.412. The molecule has 0 spiro atoms. The van der Waals surface area contributed by atoms with Crippen molar-refractivity contribution in [3.8, 4) is 16.9 Å². The average molecular weight is 334 g/mol. The Kier molecular flexibility index (Phi) is 4.39. The normalized spacial score (nSPS) is 10.5. The third-order valence-electron chi connectivity index (χ3n) is 3.81. The van der Waals surface area contributed by atoms with Crippen molar-refractivity contribution >= 4 is 21.6 Å². The summed E-state index contributed by atoms with van der Waals surface area (Å²) in [7, 11) is 3.67. The minimum Gasteiger partial charge on any atom is -0.496 e. The number of rotatable bonds is 3. The van der Waals surface area contributed by atoms with Crippen LogP contribution in [-0.4, -0.2) is 14.2 Å². The number of ether oxygens (including phenoxy) is 1. The number of methoxy groups -OCH3 is 1. The van der Waals surface area contributed by atoms with Crippen molar-refractivity contribution in [1.82, 2.24) is 0 Å². The molecule has 0 fully saturated rings. The molecule has 0 bridgehead atoms. The molecule has 20 heavy (non-hydrogen) atoms. The first kappa shape index (κ1) is 14.9. The lowest BCUT2D eigenvalue weighted by Gasteiger charge is -2.19. The zero-order valence-electron chi connectivity index (χ0n) is 12.6. The quantitative estimate of drug-likeness (QED) is 0.844. The first-order valence-electron chi connectivity index (χ1n) is 6.62. The van der Waals surface area contributed by atoms with Crippen molar-refractivity contribution in [2.24, 2.45) is 0 Å². The van der Waals surface area contributed by atoms with Crippen LogP contribution in [0.15, 0.2) is 28.7 Å². The van der Waals surface area contributed by atoms with E-state index in [-0.39, 0.29) is 0 Å². The Labute approximate surface area is 129 Å². The number of hydrogen-bond acceptors (Lipinski definition) is 2. The number of halogens is 1. The highest BCUT2D eigenvalue weighted by atomic mass is 79.9. The van der Waals surface area contributed by atoms with Gasteiger partial charge < -0.3 is 10.1 Å². The Balaban J connectivity index is 2.78. The monoisotopic (exact) mass is 333 g/mol. The predicted molar refractivity (Wildman–Crippen MR) is 89.9 cm³/mol. The van der Waals surface area contributed by atoms with Crippen LogP contribution < -0.4 is 10.1 Å². The van der Waals surface area contributed by atoms with Crippen LogP contribution in [0.5, 0.6) is 5.75 Å². The number of benzene rings is 2. The molecule has 0 saturated heterocycles. The van der Waals surface area contributed by atoms with Crippen LogP contribution >= 0.6 is 15.9 Å². The van der Waals surface area contributed by atoms with Crippen LogP contribution in [0, 0.1) is 20.8 Å². The van der Waals surface area contributed by atoms with Crippen molar-refractivity contribution in [1.29, 1.82) is 0 Å². The van der Waals surface area contributed by atoms with Crippen molar-refractivity contribution in [3.05, 3.63) is 45.4 Å². The number of hydrogen-bond donors (Lipinski definition) is 1. The van der Waals surface area contributed by atoms with E-state index in [0.29, 0.717) is 0 Å². The minimum absolute atomic E-state index is 0.955. The van der Waals surface area contributed by atoms with Gasteiger partial charge in [-0.3, -0.25) is 0 Å². The Bertz CT molecular complexity index is 650. The van der Waals surface area contributed by atoms with Gasteiger partial charge in [0.15, 0.2) is 0 Å². The topological polar surface area (TPSA) is 21.3 Å². The molecule has 0 heterocycles. The molecule has 3 heteroatoms. The fourth-order valence-corrected chi connectivity index (χ4v) is 3.01. The van der Waals surface area contributed by atoms with Crippen LogP contribution in [-0.2, 0) is 0 Å². The van der Waals surface area contributed by atoms with E-state index in [1.54, 1.807) is 7.11 Å². The van der Waals surface area contributed by atoms with Crippen LogP contribution in [0.4, 0.5) is 5.69 Å². The van der Waals surface area contributed by atoms with E-state index in [1.807, 2.05) is 7.05 Å². The fourth-order valence-electron chi connectivity index (χ4n) is 2.52. The van der Waals surface area contributed by atoms with Crippen LogP contribution in [0.25, 0.3) is 11.1 Å². The summed E-state index contributed by atoms with van der Waals surface area (Å²) in [5, 5.41) is 3.18. The summed E-state index contributed by atoms with van der Waals surface area (Å²) in [4.78, 5) is 0. The molecule has 2 aromatic rings. The lowest BCUT2D eigenvalue weighted by atomic mass is 9.93. The molecule has 2 aromatic carbocycles. The number of anilines is 1. The zero-order chi connectivity index (χ0) is 14.9. The SMILES string of the molecule is CNc1cccc(-c2c(C)c(Br)c(C)c(C)c2OC)c1. The molecule has 0 aliphatic rings. The van der Waals surface area contributed by atoms with Gasteiger partial charge in [0.05, 0.1) is 7.11 Å². The van der Waals surface area contributed by atoms with Gasteiger partial charge in [0.25, 0.3) is 0 Å².